The maximum absolute atomic E-state index is 12.9. The van der Waals surface area contributed by atoms with Crippen molar-refractivity contribution in [2.24, 2.45) is 5.92 Å². The van der Waals surface area contributed by atoms with E-state index in [2.05, 4.69) is 11.9 Å². The first-order valence-corrected chi connectivity index (χ1v) is 6.82. The molecule has 0 bridgehead atoms. The molecule has 0 unspecified atom stereocenters. The molecule has 20 heavy (non-hydrogen) atoms. The van der Waals surface area contributed by atoms with Gasteiger partial charge in [0.2, 0.25) is 0 Å². The Bertz CT molecular complexity index is 450. The molecule has 2 rings (SSSR count). The summed E-state index contributed by atoms with van der Waals surface area (Å²) in [5.41, 5.74) is 0.534. The quantitative estimate of drug-likeness (QED) is 0.840. The molecular weight excluding hydrogens is 259 g/mol. The minimum atomic E-state index is -0.325. The van der Waals surface area contributed by atoms with E-state index >= 15 is 0 Å². The summed E-state index contributed by atoms with van der Waals surface area (Å²) in [6.07, 6.45) is 0. The van der Waals surface area contributed by atoms with Crippen LogP contribution >= 0.6 is 0 Å². The van der Waals surface area contributed by atoms with Crippen molar-refractivity contribution in [1.29, 1.82) is 0 Å². The normalized spacial score (nSPS) is 20.8. The van der Waals surface area contributed by atoms with Crippen LogP contribution in [0, 0.1) is 11.7 Å². The highest BCUT2D eigenvalue weighted by atomic mass is 19.1. The Balaban J connectivity index is 2.09. The van der Waals surface area contributed by atoms with Crippen LogP contribution < -0.4 is 0 Å². The van der Waals surface area contributed by atoms with E-state index in [0.717, 1.165) is 13.1 Å². The number of benzene rings is 1. The monoisotopic (exact) mass is 280 g/mol. The highest BCUT2D eigenvalue weighted by Crippen LogP contribution is 2.13. The van der Waals surface area contributed by atoms with Crippen molar-refractivity contribution in [2.45, 2.75) is 0 Å². The molecule has 0 radical (unpaired) electrons. The molecule has 110 valence electrons. The fraction of sp³-hybridized carbons (Fsp3) is 0.533. The number of rotatable bonds is 3. The number of hydrogen-bond donors (Lipinski definition) is 0. The van der Waals surface area contributed by atoms with E-state index < -0.39 is 0 Å². The van der Waals surface area contributed by atoms with E-state index in [1.165, 1.54) is 24.3 Å². The van der Waals surface area contributed by atoms with Crippen LogP contribution in [-0.2, 0) is 4.74 Å². The standard InChI is InChI=1S/C15H21FN2O2/c1-17-7-8-18(10-12(9-17)11-20-2)15(19)13-3-5-14(16)6-4-13/h3-6,12H,7-11H2,1-2H3/t12-/m1/s1. The van der Waals surface area contributed by atoms with Crippen LogP contribution in [0.2, 0.25) is 0 Å². The van der Waals surface area contributed by atoms with Gasteiger partial charge >= 0.3 is 0 Å². The lowest BCUT2D eigenvalue weighted by molar-refractivity contribution is 0.0707. The number of amides is 1. The van der Waals surface area contributed by atoms with Crippen LogP contribution in [0.15, 0.2) is 24.3 Å². The second-order valence-corrected chi connectivity index (χ2v) is 5.34. The van der Waals surface area contributed by atoms with Crippen molar-refractivity contribution in [3.63, 3.8) is 0 Å². The van der Waals surface area contributed by atoms with Crippen molar-refractivity contribution in [1.82, 2.24) is 9.80 Å². The minimum Gasteiger partial charge on any atom is -0.384 e. The largest absolute Gasteiger partial charge is 0.384 e. The molecule has 1 aromatic carbocycles. The van der Waals surface area contributed by atoms with Crippen molar-refractivity contribution in [2.75, 3.05) is 46.9 Å². The first-order chi connectivity index (χ1) is 9.60. The molecule has 4 nitrogen and oxygen atoms in total. The van der Waals surface area contributed by atoms with Crippen LogP contribution in [0.5, 0.6) is 0 Å². The molecule has 1 aliphatic rings. The van der Waals surface area contributed by atoms with Gasteiger partial charge in [-0.3, -0.25) is 4.79 Å². The van der Waals surface area contributed by atoms with Gasteiger partial charge in [-0.2, -0.15) is 0 Å². The highest BCUT2D eigenvalue weighted by molar-refractivity contribution is 5.94. The molecule has 5 heteroatoms. The van der Waals surface area contributed by atoms with E-state index in [1.807, 2.05) is 4.90 Å². The molecule has 0 aliphatic carbocycles. The van der Waals surface area contributed by atoms with E-state index in [0.29, 0.717) is 31.2 Å². The zero-order chi connectivity index (χ0) is 14.5. The van der Waals surface area contributed by atoms with Gasteiger partial charge in [-0.1, -0.05) is 0 Å². The number of halogens is 1. The Labute approximate surface area is 119 Å². The number of hydrogen-bond acceptors (Lipinski definition) is 3. The van der Waals surface area contributed by atoms with Crippen molar-refractivity contribution in [3.05, 3.63) is 35.6 Å². The summed E-state index contributed by atoms with van der Waals surface area (Å²) in [7, 11) is 3.73. The van der Waals surface area contributed by atoms with Crippen LogP contribution in [0.25, 0.3) is 0 Å². The topological polar surface area (TPSA) is 32.8 Å². The van der Waals surface area contributed by atoms with Crippen LogP contribution in [-0.4, -0.2) is 62.7 Å². The lowest BCUT2D eigenvalue weighted by Gasteiger charge is -2.23. The summed E-state index contributed by atoms with van der Waals surface area (Å²) in [5.74, 6) is -0.0623. The molecule has 0 N–H and O–H groups in total. The van der Waals surface area contributed by atoms with Gasteiger partial charge < -0.3 is 14.5 Å². The predicted molar refractivity (Wildman–Crippen MR) is 75.2 cm³/mol. The molecule has 0 spiro atoms. The fourth-order valence-electron chi connectivity index (χ4n) is 2.58. The third kappa shape index (κ3) is 3.77. The maximum atomic E-state index is 12.9. The molecular formula is C15H21FN2O2. The lowest BCUT2D eigenvalue weighted by Crippen LogP contribution is -2.37. The van der Waals surface area contributed by atoms with Gasteiger partial charge in [-0.15, -0.1) is 0 Å². The summed E-state index contributed by atoms with van der Waals surface area (Å²) < 4.78 is 18.1. The number of nitrogens with zero attached hydrogens (tertiary/aromatic N) is 2. The molecule has 0 aromatic heterocycles. The third-order valence-electron chi connectivity index (χ3n) is 3.58. The van der Waals surface area contributed by atoms with Crippen LogP contribution in [0.1, 0.15) is 10.4 Å². The van der Waals surface area contributed by atoms with Gasteiger partial charge in [0.1, 0.15) is 5.82 Å². The Kier molecular flexibility index (Phi) is 5.09. The third-order valence-corrected chi connectivity index (χ3v) is 3.58. The molecule has 1 heterocycles. The Morgan fingerprint density at radius 1 is 1.30 bits per heavy atom. The number of methoxy groups -OCH3 is 1. The number of carbonyl (C=O) groups excluding carboxylic acids is 1. The number of carbonyl (C=O) groups is 1. The summed E-state index contributed by atoms with van der Waals surface area (Å²) in [5, 5.41) is 0. The predicted octanol–water partition coefficient (Wildman–Crippen LogP) is 1.48. The number of likely N-dealkylation sites (N-methyl/N-ethyl adjacent to an activating group) is 1. The first kappa shape index (κ1) is 14.9. The molecule has 1 aromatic rings. The second kappa shape index (κ2) is 6.81. The van der Waals surface area contributed by atoms with Crippen LogP contribution in [0.3, 0.4) is 0 Å². The van der Waals surface area contributed by atoms with Gasteiger partial charge in [0.05, 0.1) is 6.61 Å². The average Bonchev–Trinajstić information content (AvgIpc) is 2.61. The molecule has 0 saturated carbocycles. The summed E-state index contributed by atoms with van der Waals surface area (Å²) in [4.78, 5) is 16.5. The minimum absolute atomic E-state index is 0.0404. The summed E-state index contributed by atoms with van der Waals surface area (Å²) in [6.45, 7) is 3.76. The Morgan fingerprint density at radius 3 is 2.65 bits per heavy atom. The van der Waals surface area contributed by atoms with E-state index in [1.54, 1.807) is 7.11 Å². The first-order valence-electron chi connectivity index (χ1n) is 6.82. The molecule has 1 atom stereocenters. The van der Waals surface area contributed by atoms with Crippen LogP contribution in [0.4, 0.5) is 4.39 Å². The van der Waals surface area contributed by atoms with E-state index in [4.69, 9.17) is 4.74 Å². The van der Waals surface area contributed by atoms with Gasteiger partial charge in [-0.25, -0.2) is 4.39 Å². The average molecular weight is 280 g/mol. The smallest absolute Gasteiger partial charge is 0.253 e. The van der Waals surface area contributed by atoms with Crippen molar-refractivity contribution >= 4 is 5.91 Å². The van der Waals surface area contributed by atoms with Crippen molar-refractivity contribution < 1.29 is 13.9 Å². The zero-order valence-electron chi connectivity index (χ0n) is 12.0. The van der Waals surface area contributed by atoms with Gasteiger partial charge in [0.25, 0.3) is 5.91 Å². The zero-order valence-corrected chi connectivity index (χ0v) is 12.0. The number of ether oxygens (including phenoxy) is 1. The van der Waals surface area contributed by atoms with Gasteiger partial charge in [0, 0.05) is 44.8 Å². The lowest BCUT2D eigenvalue weighted by atomic mass is 10.1. The molecule has 1 fully saturated rings. The Morgan fingerprint density at radius 2 is 2.00 bits per heavy atom. The highest BCUT2D eigenvalue weighted by Gasteiger charge is 2.24. The van der Waals surface area contributed by atoms with Gasteiger partial charge in [0.15, 0.2) is 0 Å². The molecule has 1 saturated heterocycles. The Hall–Kier alpha value is -1.46. The van der Waals surface area contributed by atoms with Crippen molar-refractivity contribution in [3.8, 4) is 0 Å². The SMILES string of the molecule is COC[C@@H]1CN(C)CCN(C(=O)c2ccc(F)cc2)C1. The molecule has 1 amide bonds. The molecule has 1 aliphatic heterocycles. The maximum Gasteiger partial charge on any atom is 0.253 e. The second-order valence-electron chi connectivity index (χ2n) is 5.34. The van der Waals surface area contributed by atoms with Gasteiger partial charge in [-0.05, 0) is 31.3 Å². The fourth-order valence-corrected chi connectivity index (χ4v) is 2.58. The van der Waals surface area contributed by atoms with E-state index in [-0.39, 0.29) is 11.7 Å². The summed E-state index contributed by atoms with van der Waals surface area (Å²) in [6, 6.07) is 5.73. The summed E-state index contributed by atoms with van der Waals surface area (Å²) >= 11 is 0. The van der Waals surface area contributed by atoms with E-state index in [9.17, 15) is 9.18 Å².